The molecule has 0 unspecified atom stereocenters. The number of methoxy groups -OCH3 is 1. The van der Waals surface area contributed by atoms with Gasteiger partial charge in [-0.3, -0.25) is 14.3 Å². The average Bonchev–Trinajstić information content (AvgIpc) is 3.35. The third kappa shape index (κ3) is 5.37. The lowest BCUT2D eigenvalue weighted by Gasteiger charge is -2.47. The molecular formula is C29H34ClFN6O3. The minimum absolute atomic E-state index is 0.0898. The number of ether oxygens (including phenoxy) is 1. The Bertz CT molecular complexity index is 1440. The number of rotatable bonds is 5. The van der Waals surface area contributed by atoms with E-state index in [0.717, 1.165) is 22.8 Å². The maximum atomic E-state index is 14.2. The number of carbonyl (C=O) groups excluding carboxylic acids is 2. The van der Waals surface area contributed by atoms with E-state index in [0.29, 0.717) is 38.4 Å². The fraction of sp³-hybridized carbons (Fsp3) is 0.448. The number of hydrogen-bond donors (Lipinski definition) is 0. The molecule has 1 fully saturated rings. The highest BCUT2D eigenvalue weighted by Crippen LogP contribution is 2.33. The van der Waals surface area contributed by atoms with Crippen molar-refractivity contribution in [1.29, 1.82) is 0 Å². The highest BCUT2D eigenvalue weighted by Gasteiger charge is 2.40. The summed E-state index contributed by atoms with van der Waals surface area (Å²) < 4.78 is 20.8. The molecule has 0 N–H and O–H groups in total. The van der Waals surface area contributed by atoms with Crippen molar-refractivity contribution in [3.8, 4) is 0 Å². The predicted octanol–water partition coefficient (Wildman–Crippen LogP) is 4.28. The Morgan fingerprint density at radius 3 is 2.42 bits per heavy atom. The van der Waals surface area contributed by atoms with Gasteiger partial charge in [-0.25, -0.2) is 9.37 Å². The molecule has 2 aromatic heterocycles. The summed E-state index contributed by atoms with van der Waals surface area (Å²) in [6.45, 7) is 11.0. The SMILES string of the molecule is COC(=O)Cc1ccc(N2CCN(C(=O)c3cc4n(n3)C(C)(C)CN(c3ccc(Cl)c(F)c3)C4)C(C)(C)C2)nc1. The standard InChI is InChI=1S/C29H34ClFN6O3/c1-28(2)17-34(25-9-6-19(15-32-25)12-26(38)40-5)10-11-36(28)27(39)24-14-21-16-35(18-29(3,4)37(21)33-24)20-7-8-22(30)23(31)13-20/h6-9,13-15H,10-12,16-18H2,1-5H3. The molecular weight excluding hydrogens is 535 g/mol. The molecule has 1 aromatic carbocycles. The van der Waals surface area contributed by atoms with Gasteiger partial charge < -0.3 is 19.4 Å². The first kappa shape index (κ1) is 27.9. The van der Waals surface area contributed by atoms with E-state index in [4.69, 9.17) is 21.4 Å². The number of pyridine rings is 1. The van der Waals surface area contributed by atoms with Crippen molar-refractivity contribution in [3.63, 3.8) is 0 Å². The normalized spacial score (nSPS) is 17.9. The van der Waals surface area contributed by atoms with Gasteiger partial charge in [0.05, 0.1) is 41.9 Å². The Labute approximate surface area is 238 Å². The van der Waals surface area contributed by atoms with Crippen LogP contribution in [0.2, 0.25) is 5.02 Å². The van der Waals surface area contributed by atoms with Crippen LogP contribution < -0.4 is 9.80 Å². The van der Waals surface area contributed by atoms with Crippen molar-refractivity contribution in [2.24, 2.45) is 0 Å². The van der Waals surface area contributed by atoms with Crippen molar-refractivity contribution >= 4 is 35.0 Å². The fourth-order valence-electron chi connectivity index (χ4n) is 5.62. The Kier molecular flexibility index (Phi) is 7.24. The molecule has 0 radical (unpaired) electrons. The first-order valence-electron chi connectivity index (χ1n) is 13.3. The van der Waals surface area contributed by atoms with Crippen LogP contribution in [0.25, 0.3) is 0 Å². The molecule has 212 valence electrons. The number of anilines is 2. The molecule has 0 bridgehead atoms. The van der Waals surface area contributed by atoms with Crippen LogP contribution in [0.1, 0.15) is 49.4 Å². The molecule has 0 aliphatic carbocycles. The number of fused-ring (bicyclic) bond motifs is 1. The first-order chi connectivity index (χ1) is 18.9. The molecule has 2 aliphatic rings. The second-order valence-electron chi connectivity index (χ2n) is 11.7. The van der Waals surface area contributed by atoms with Crippen LogP contribution in [0.15, 0.2) is 42.6 Å². The van der Waals surface area contributed by atoms with Gasteiger partial charge in [-0.05, 0) is 63.6 Å². The zero-order chi connectivity index (χ0) is 28.8. The summed E-state index contributed by atoms with van der Waals surface area (Å²) in [5.74, 6) is -0.0843. The summed E-state index contributed by atoms with van der Waals surface area (Å²) in [4.78, 5) is 36.0. The van der Waals surface area contributed by atoms with Gasteiger partial charge in [0.2, 0.25) is 0 Å². The number of benzene rings is 1. The van der Waals surface area contributed by atoms with Crippen LogP contribution in [0.3, 0.4) is 0 Å². The van der Waals surface area contributed by atoms with E-state index in [9.17, 15) is 14.0 Å². The van der Waals surface area contributed by atoms with Crippen LogP contribution in [-0.4, -0.2) is 70.4 Å². The number of piperazine rings is 1. The smallest absolute Gasteiger partial charge is 0.310 e. The van der Waals surface area contributed by atoms with Crippen molar-refractivity contribution in [2.45, 2.75) is 51.7 Å². The molecule has 0 spiro atoms. The van der Waals surface area contributed by atoms with Gasteiger partial charge >= 0.3 is 5.97 Å². The largest absolute Gasteiger partial charge is 0.469 e. The molecule has 4 heterocycles. The van der Waals surface area contributed by atoms with Crippen molar-refractivity contribution in [2.75, 3.05) is 43.1 Å². The summed E-state index contributed by atoms with van der Waals surface area (Å²) in [6, 6.07) is 10.4. The minimum Gasteiger partial charge on any atom is -0.469 e. The molecule has 9 nitrogen and oxygen atoms in total. The Morgan fingerprint density at radius 2 is 1.77 bits per heavy atom. The van der Waals surface area contributed by atoms with E-state index in [1.54, 1.807) is 12.3 Å². The van der Waals surface area contributed by atoms with Crippen LogP contribution in [0.4, 0.5) is 15.9 Å². The lowest BCUT2D eigenvalue weighted by molar-refractivity contribution is -0.139. The third-order valence-electron chi connectivity index (χ3n) is 7.63. The third-order valence-corrected chi connectivity index (χ3v) is 7.94. The van der Waals surface area contributed by atoms with E-state index in [-0.39, 0.29) is 23.3 Å². The van der Waals surface area contributed by atoms with Crippen molar-refractivity contribution < 1.29 is 18.7 Å². The van der Waals surface area contributed by atoms with E-state index >= 15 is 0 Å². The van der Waals surface area contributed by atoms with Crippen LogP contribution >= 0.6 is 11.6 Å². The topological polar surface area (TPSA) is 83.8 Å². The second-order valence-corrected chi connectivity index (χ2v) is 12.1. The number of amides is 1. The zero-order valence-corrected chi connectivity index (χ0v) is 24.2. The molecule has 0 atom stereocenters. The molecule has 2 aliphatic heterocycles. The fourth-order valence-corrected chi connectivity index (χ4v) is 5.74. The van der Waals surface area contributed by atoms with Crippen LogP contribution in [0, 0.1) is 5.82 Å². The summed E-state index contributed by atoms with van der Waals surface area (Å²) in [7, 11) is 1.37. The van der Waals surface area contributed by atoms with E-state index in [1.807, 2.05) is 47.7 Å². The highest BCUT2D eigenvalue weighted by atomic mass is 35.5. The maximum absolute atomic E-state index is 14.2. The number of halogens is 2. The lowest BCUT2D eigenvalue weighted by Crippen LogP contribution is -2.61. The summed E-state index contributed by atoms with van der Waals surface area (Å²) in [5.41, 5.74) is 1.92. The highest BCUT2D eigenvalue weighted by molar-refractivity contribution is 6.30. The Balaban J connectivity index is 1.31. The number of nitrogens with zero attached hydrogens (tertiary/aromatic N) is 6. The second kappa shape index (κ2) is 10.4. The van der Waals surface area contributed by atoms with Gasteiger partial charge in [0.15, 0.2) is 5.69 Å². The van der Waals surface area contributed by atoms with E-state index < -0.39 is 16.9 Å². The first-order valence-corrected chi connectivity index (χ1v) is 13.6. The molecule has 1 amide bonds. The molecule has 1 saturated heterocycles. The quantitative estimate of drug-likeness (QED) is 0.425. The van der Waals surface area contributed by atoms with Crippen LogP contribution in [0.5, 0.6) is 0 Å². The molecule has 5 rings (SSSR count). The molecule has 40 heavy (non-hydrogen) atoms. The number of carbonyl (C=O) groups is 2. The Morgan fingerprint density at radius 1 is 1.02 bits per heavy atom. The summed E-state index contributed by atoms with van der Waals surface area (Å²) >= 11 is 5.89. The number of hydrogen-bond acceptors (Lipinski definition) is 7. The van der Waals surface area contributed by atoms with Gasteiger partial charge in [-0.1, -0.05) is 17.7 Å². The molecule has 11 heteroatoms. The number of esters is 1. The average molecular weight is 569 g/mol. The van der Waals surface area contributed by atoms with Gasteiger partial charge in [0, 0.05) is 38.1 Å². The number of aromatic nitrogens is 3. The van der Waals surface area contributed by atoms with E-state index in [2.05, 4.69) is 28.6 Å². The maximum Gasteiger partial charge on any atom is 0.310 e. The Hall–Kier alpha value is -3.66. The van der Waals surface area contributed by atoms with Gasteiger partial charge in [0.1, 0.15) is 11.6 Å². The zero-order valence-electron chi connectivity index (χ0n) is 23.4. The summed E-state index contributed by atoms with van der Waals surface area (Å²) in [5, 5.41) is 4.85. The van der Waals surface area contributed by atoms with Gasteiger partial charge in [0.25, 0.3) is 5.91 Å². The monoisotopic (exact) mass is 568 g/mol. The van der Waals surface area contributed by atoms with Crippen molar-refractivity contribution in [3.05, 3.63) is 70.4 Å². The minimum atomic E-state index is -0.478. The van der Waals surface area contributed by atoms with Gasteiger partial charge in [-0.15, -0.1) is 0 Å². The molecule has 3 aromatic rings. The van der Waals surface area contributed by atoms with Gasteiger partial charge in [-0.2, -0.15) is 5.10 Å². The lowest BCUT2D eigenvalue weighted by atomic mass is 9.98. The summed E-state index contributed by atoms with van der Waals surface area (Å²) in [6.07, 6.45) is 1.87. The van der Waals surface area contributed by atoms with E-state index in [1.165, 1.54) is 13.2 Å². The molecule has 0 saturated carbocycles. The van der Waals surface area contributed by atoms with Crippen LogP contribution in [-0.2, 0) is 28.0 Å². The van der Waals surface area contributed by atoms with Crippen molar-refractivity contribution in [1.82, 2.24) is 19.7 Å². The predicted molar refractivity (Wildman–Crippen MR) is 151 cm³/mol.